The Hall–Kier alpha value is -1.19. The van der Waals surface area contributed by atoms with E-state index in [0.29, 0.717) is 0 Å². The van der Waals surface area contributed by atoms with Gasteiger partial charge in [0.05, 0.1) is 7.11 Å². The molecule has 0 aromatic carbocycles. The molecule has 0 spiro atoms. The number of hydrogen-bond donors (Lipinski definition) is 2. The van der Waals surface area contributed by atoms with E-state index >= 15 is 0 Å². The molecule has 1 aliphatic rings. The average Bonchev–Trinajstić information content (AvgIpc) is 2.72. The summed E-state index contributed by atoms with van der Waals surface area (Å²) in [4.78, 5) is 22.2. The van der Waals surface area contributed by atoms with Crippen molar-refractivity contribution in [1.29, 1.82) is 0 Å². The minimum absolute atomic E-state index is 0.00938. The fourth-order valence-electron chi connectivity index (χ4n) is 1.70. The normalized spacial score (nSPS) is 26.8. The largest absolute Gasteiger partial charge is 0.480 e. The lowest BCUT2D eigenvalue weighted by molar-refractivity contribution is -0.142. The second-order valence-corrected chi connectivity index (χ2v) is 6.51. The van der Waals surface area contributed by atoms with Gasteiger partial charge in [0.25, 0.3) is 0 Å². The first kappa shape index (κ1) is 14.9. The van der Waals surface area contributed by atoms with Gasteiger partial charge in [0.1, 0.15) is 5.54 Å². The molecule has 0 aliphatic carbocycles. The van der Waals surface area contributed by atoms with Crippen LogP contribution in [-0.4, -0.2) is 60.8 Å². The maximum Gasteiger partial charge on any atom is 0.325 e. The third-order valence-corrected chi connectivity index (χ3v) is 5.15. The van der Waals surface area contributed by atoms with Crippen molar-refractivity contribution in [3.8, 4) is 0 Å². The van der Waals surface area contributed by atoms with Gasteiger partial charge in [-0.25, -0.2) is 8.42 Å². The molecule has 0 aromatic heterocycles. The van der Waals surface area contributed by atoms with Crippen LogP contribution in [0.2, 0.25) is 0 Å². The van der Waals surface area contributed by atoms with E-state index < -0.39 is 32.8 Å². The molecule has 0 bridgehead atoms. The fraction of sp³-hybridized carbons (Fsp3) is 0.778. The third-order valence-electron chi connectivity index (χ3n) is 3.03. The van der Waals surface area contributed by atoms with E-state index in [2.05, 4.69) is 4.74 Å². The van der Waals surface area contributed by atoms with Crippen molar-refractivity contribution >= 4 is 22.0 Å². The monoisotopic (exact) mass is 280 g/mol. The second kappa shape index (κ2) is 4.82. The number of sulfonamides is 1. The van der Waals surface area contributed by atoms with Crippen LogP contribution in [0.25, 0.3) is 0 Å². The zero-order chi connectivity index (χ0) is 14.1. The number of aliphatic carboxylic acids is 1. The summed E-state index contributed by atoms with van der Waals surface area (Å²) < 4.78 is 29.3. The van der Waals surface area contributed by atoms with Crippen LogP contribution in [-0.2, 0) is 24.3 Å². The van der Waals surface area contributed by atoms with Gasteiger partial charge in [-0.1, -0.05) is 0 Å². The van der Waals surface area contributed by atoms with Crippen LogP contribution in [0.15, 0.2) is 0 Å². The number of carboxylic acid groups (broad SMARTS) is 1. The summed E-state index contributed by atoms with van der Waals surface area (Å²) in [7, 11) is -2.85. The molecule has 9 heteroatoms. The van der Waals surface area contributed by atoms with Crippen molar-refractivity contribution in [3.63, 3.8) is 0 Å². The number of carbonyl (C=O) groups is 2. The number of carbonyl (C=O) groups excluding carboxylic acids is 1. The van der Waals surface area contributed by atoms with E-state index in [0.717, 1.165) is 11.4 Å². The SMILES string of the molecule is COC(=O)C(C)S(=O)(=O)N1CCC(N)(C(=O)O)C1. The van der Waals surface area contributed by atoms with Crippen LogP contribution in [0, 0.1) is 0 Å². The molecule has 2 atom stereocenters. The molecular weight excluding hydrogens is 264 g/mol. The zero-order valence-electron chi connectivity index (χ0n) is 10.1. The number of nitrogens with zero attached hydrogens (tertiary/aromatic N) is 1. The van der Waals surface area contributed by atoms with E-state index in [1.54, 1.807) is 0 Å². The first-order chi connectivity index (χ1) is 8.15. The Labute approximate surface area is 105 Å². The third kappa shape index (κ3) is 2.47. The molecule has 104 valence electrons. The highest BCUT2D eigenvalue weighted by atomic mass is 32.2. The van der Waals surface area contributed by atoms with Gasteiger partial charge >= 0.3 is 11.9 Å². The highest BCUT2D eigenvalue weighted by Crippen LogP contribution is 2.24. The summed E-state index contributed by atoms with van der Waals surface area (Å²) in [5.41, 5.74) is 3.98. The molecule has 1 fully saturated rings. The number of carboxylic acids is 1. The summed E-state index contributed by atoms with van der Waals surface area (Å²) in [5.74, 6) is -2.15. The zero-order valence-corrected chi connectivity index (χ0v) is 10.9. The van der Waals surface area contributed by atoms with Crippen molar-refractivity contribution in [1.82, 2.24) is 4.31 Å². The lowest BCUT2D eigenvalue weighted by Gasteiger charge is -2.22. The van der Waals surface area contributed by atoms with Crippen molar-refractivity contribution < 1.29 is 27.9 Å². The lowest BCUT2D eigenvalue weighted by Crippen LogP contribution is -2.51. The molecule has 1 saturated heterocycles. The average molecular weight is 280 g/mol. The molecule has 1 rings (SSSR count). The van der Waals surface area contributed by atoms with Gasteiger partial charge in [-0.15, -0.1) is 0 Å². The maximum absolute atomic E-state index is 12.0. The van der Waals surface area contributed by atoms with Crippen LogP contribution >= 0.6 is 0 Å². The predicted octanol–water partition coefficient (Wildman–Crippen LogP) is -1.63. The van der Waals surface area contributed by atoms with Gasteiger partial charge in [0, 0.05) is 13.1 Å². The Bertz CT molecular complexity index is 462. The van der Waals surface area contributed by atoms with Gasteiger partial charge in [-0.05, 0) is 13.3 Å². The van der Waals surface area contributed by atoms with E-state index in [-0.39, 0.29) is 19.5 Å². The smallest absolute Gasteiger partial charge is 0.325 e. The highest BCUT2D eigenvalue weighted by Gasteiger charge is 2.47. The maximum atomic E-state index is 12.0. The molecule has 8 nitrogen and oxygen atoms in total. The molecule has 3 N–H and O–H groups in total. The van der Waals surface area contributed by atoms with Crippen molar-refractivity contribution in [2.24, 2.45) is 5.73 Å². The number of nitrogens with two attached hydrogens (primary N) is 1. The second-order valence-electron chi connectivity index (χ2n) is 4.26. The lowest BCUT2D eigenvalue weighted by atomic mass is 10.0. The Morgan fingerprint density at radius 1 is 1.50 bits per heavy atom. The highest BCUT2D eigenvalue weighted by molar-refractivity contribution is 7.90. The van der Waals surface area contributed by atoms with Gasteiger partial charge in [0.2, 0.25) is 10.0 Å². The van der Waals surface area contributed by atoms with Crippen molar-refractivity contribution in [2.75, 3.05) is 20.2 Å². The Balaban J connectivity index is 2.91. The first-order valence-electron chi connectivity index (χ1n) is 5.24. The number of rotatable bonds is 4. The van der Waals surface area contributed by atoms with Gasteiger partial charge in [0.15, 0.2) is 5.25 Å². The summed E-state index contributed by atoms with van der Waals surface area (Å²) >= 11 is 0. The number of ether oxygens (including phenoxy) is 1. The number of hydrogen-bond acceptors (Lipinski definition) is 6. The minimum Gasteiger partial charge on any atom is -0.480 e. The molecule has 2 unspecified atom stereocenters. The van der Waals surface area contributed by atoms with Gasteiger partial charge in [-0.3, -0.25) is 9.59 Å². The van der Waals surface area contributed by atoms with Crippen LogP contribution in [0.5, 0.6) is 0 Å². The van der Waals surface area contributed by atoms with E-state index in [1.807, 2.05) is 0 Å². The summed E-state index contributed by atoms with van der Waals surface area (Å²) in [6, 6.07) is 0. The molecule has 0 saturated carbocycles. The number of esters is 1. The molecule has 0 radical (unpaired) electrons. The molecule has 18 heavy (non-hydrogen) atoms. The molecule has 1 heterocycles. The van der Waals surface area contributed by atoms with Crippen LogP contribution < -0.4 is 5.73 Å². The summed E-state index contributed by atoms with van der Waals surface area (Å²) in [5, 5.41) is 7.54. The minimum atomic E-state index is -3.94. The van der Waals surface area contributed by atoms with Gasteiger partial charge < -0.3 is 15.6 Å². The Kier molecular flexibility index (Phi) is 3.99. The number of methoxy groups -OCH3 is 1. The summed E-state index contributed by atoms with van der Waals surface area (Å²) in [6.07, 6.45) is 0.00938. The molecule has 1 aliphatic heterocycles. The topological polar surface area (TPSA) is 127 Å². The van der Waals surface area contributed by atoms with E-state index in [9.17, 15) is 18.0 Å². The van der Waals surface area contributed by atoms with Crippen molar-refractivity contribution in [2.45, 2.75) is 24.1 Å². The molecule has 0 aromatic rings. The van der Waals surface area contributed by atoms with Crippen LogP contribution in [0.4, 0.5) is 0 Å². The fourth-order valence-corrected chi connectivity index (χ4v) is 3.24. The van der Waals surface area contributed by atoms with E-state index in [4.69, 9.17) is 10.8 Å². The first-order valence-corrected chi connectivity index (χ1v) is 6.74. The quantitative estimate of drug-likeness (QED) is 0.591. The van der Waals surface area contributed by atoms with Crippen LogP contribution in [0.3, 0.4) is 0 Å². The van der Waals surface area contributed by atoms with E-state index in [1.165, 1.54) is 6.92 Å². The Morgan fingerprint density at radius 2 is 2.06 bits per heavy atom. The standard InChI is InChI=1S/C9H16N2O6S/c1-6(7(12)17-2)18(15,16)11-4-3-9(10,5-11)8(13)14/h6H,3-5,10H2,1-2H3,(H,13,14). The van der Waals surface area contributed by atoms with Crippen LogP contribution in [0.1, 0.15) is 13.3 Å². The predicted molar refractivity (Wildman–Crippen MR) is 61.1 cm³/mol. The van der Waals surface area contributed by atoms with Gasteiger partial charge in [-0.2, -0.15) is 4.31 Å². The molecule has 0 amide bonds. The summed E-state index contributed by atoms with van der Waals surface area (Å²) in [6.45, 7) is 0.830. The Morgan fingerprint density at radius 3 is 2.44 bits per heavy atom. The van der Waals surface area contributed by atoms with Crippen molar-refractivity contribution in [3.05, 3.63) is 0 Å². The molecular formula is C9H16N2O6S.